The molecule has 2 aromatic carbocycles. The fourth-order valence-electron chi connectivity index (χ4n) is 1.69. The molecule has 1 N–H and O–H groups in total. The minimum atomic E-state index is -0.332. The molecule has 0 saturated heterocycles. The minimum absolute atomic E-state index is 0.216. The van der Waals surface area contributed by atoms with Crippen molar-refractivity contribution < 1.29 is 9.18 Å². The molecule has 0 aliphatic rings. The fourth-order valence-corrected chi connectivity index (χ4v) is 2.48. The molecule has 0 aliphatic heterocycles. The Morgan fingerprint density at radius 3 is 2.57 bits per heavy atom. The van der Waals surface area contributed by atoms with Crippen LogP contribution in [-0.2, 0) is 4.79 Å². The van der Waals surface area contributed by atoms with Crippen molar-refractivity contribution in [1.82, 2.24) is 5.32 Å². The largest absolute Gasteiger partial charge is 0.352 e. The molecule has 108 valence electrons. The van der Waals surface area contributed by atoms with Gasteiger partial charge in [0.2, 0.25) is 5.91 Å². The van der Waals surface area contributed by atoms with Crippen LogP contribution in [0.4, 0.5) is 4.39 Å². The van der Waals surface area contributed by atoms with Gasteiger partial charge < -0.3 is 5.32 Å². The number of benzene rings is 2. The highest BCUT2D eigenvalue weighted by atomic mass is 32.2. The van der Waals surface area contributed by atoms with Crippen LogP contribution in [0.3, 0.4) is 0 Å². The van der Waals surface area contributed by atoms with E-state index in [9.17, 15) is 9.18 Å². The molecule has 21 heavy (non-hydrogen) atoms. The summed E-state index contributed by atoms with van der Waals surface area (Å²) in [5.41, 5.74) is 0.409. The first-order chi connectivity index (χ1) is 10.3. The standard InChI is InChI=1S/C17H16FNOS/c18-16-9-5-4-6-14(16)10-11-17(20)19-12-13-21-15-7-2-1-3-8-15/h1-11H,12-13H2,(H,19,20)/b11-10+. The smallest absolute Gasteiger partial charge is 0.244 e. The van der Waals surface area contributed by atoms with Crippen molar-refractivity contribution in [3.8, 4) is 0 Å². The summed E-state index contributed by atoms with van der Waals surface area (Å²) in [7, 11) is 0. The Bertz CT molecular complexity index is 613. The number of nitrogens with one attached hydrogen (secondary N) is 1. The van der Waals surface area contributed by atoms with Crippen LogP contribution in [0.15, 0.2) is 65.6 Å². The van der Waals surface area contributed by atoms with Crippen LogP contribution in [0, 0.1) is 5.82 Å². The van der Waals surface area contributed by atoms with Gasteiger partial charge in [0.05, 0.1) is 0 Å². The third kappa shape index (κ3) is 5.44. The van der Waals surface area contributed by atoms with Gasteiger partial charge in [0, 0.05) is 28.8 Å². The summed E-state index contributed by atoms with van der Waals surface area (Å²) < 4.78 is 13.3. The molecule has 0 aliphatic carbocycles. The Morgan fingerprint density at radius 1 is 1.10 bits per heavy atom. The van der Waals surface area contributed by atoms with Gasteiger partial charge in [-0.15, -0.1) is 11.8 Å². The lowest BCUT2D eigenvalue weighted by Crippen LogP contribution is -2.23. The van der Waals surface area contributed by atoms with E-state index in [0.717, 1.165) is 5.75 Å². The van der Waals surface area contributed by atoms with Crippen LogP contribution in [0.1, 0.15) is 5.56 Å². The van der Waals surface area contributed by atoms with Crippen molar-refractivity contribution in [3.05, 3.63) is 72.1 Å². The molecule has 0 spiro atoms. The maximum atomic E-state index is 13.3. The molecule has 0 heterocycles. The molecule has 0 bridgehead atoms. The lowest BCUT2D eigenvalue weighted by molar-refractivity contribution is -0.116. The Kier molecular flexibility index (Phi) is 6.03. The normalized spacial score (nSPS) is 10.7. The first-order valence-electron chi connectivity index (χ1n) is 6.64. The molecule has 0 fully saturated rings. The van der Waals surface area contributed by atoms with Crippen LogP contribution in [-0.4, -0.2) is 18.2 Å². The Balaban J connectivity index is 1.72. The maximum absolute atomic E-state index is 13.3. The second-order valence-electron chi connectivity index (χ2n) is 4.31. The van der Waals surface area contributed by atoms with E-state index in [2.05, 4.69) is 5.32 Å². The number of hydrogen-bond acceptors (Lipinski definition) is 2. The SMILES string of the molecule is O=C(/C=C/c1ccccc1F)NCCSc1ccccc1. The van der Waals surface area contributed by atoms with E-state index in [-0.39, 0.29) is 11.7 Å². The molecular formula is C17H16FNOS. The minimum Gasteiger partial charge on any atom is -0.352 e. The summed E-state index contributed by atoms with van der Waals surface area (Å²) in [6.07, 6.45) is 2.83. The third-order valence-electron chi connectivity index (χ3n) is 2.73. The molecule has 2 rings (SSSR count). The van der Waals surface area contributed by atoms with Crippen molar-refractivity contribution >= 4 is 23.7 Å². The number of hydrogen-bond donors (Lipinski definition) is 1. The molecule has 0 radical (unpaired) electrons. The highest BCUT2D eigenvalue weighted by molar-refractivity contribution is 7.99. The van der Waals surface area contributed by atoms with Crippen molar-refractivity contribution in [3.63, 3.8) is 0 Å². The van der Waals surface area contributed by atoms with Gasteiger partial charge >= 0.3 is 0 Å². The molecule has 0 unspecified atom stereocenters. The van der Waals surface area contributed by atoms with Gasteiger partial charge in [-0.1, -0.05) is 36.4 Å². The maximum Gasteiger partial charge on any atom is 0.244 e. The van der Waals surface area contributed by atoms with Crippen molar-refractivity contribution in [2.75, 3.05) is 12.3 Å². The van der Waals surface area contributed by atoms with E-state index >= 15 is 0 Å². The summed E-state index contributed by atoms with van der Waals surface area (Å²) in [6, 6.07) is 16.4. The zero-order chi connectivity index (χ0) is 14.9. The second-order valence-corrected chi connectivity index (χ2v) is 5.48. The van der Waals surface area contributed by atoms with Crippen LogP contribution in [0.2, 0.25) is 0 Å². The molecule has 1 amide bonds. The van der Waals surface area contributed by atoms with Crippen LogP contribution >= 0.6 is 11.8 Å². The molecular weight excluding hydrogens is 285 g/mol. The number of thioether (sulfide) groups is 1. The second kappa shape index (κ2) is 8.27. The van der Waals surface area contributed by atoms with Gasteiger partial charge in [-0.2, -0.15) is 0 Å². The number of halogens is 1. The van der Waals surface area contributed by atoms with Gasteiger partial charge in [0.25, 0.3) is 0 Å². The van der Waals surface area contributed by atoms with Crippen molar-refractivity contribution in [2.24, 2.45) is 0 Å². The number of carbonyl (C=O) groups is 1. The lowest BCUT2D eigenvalue weighted by atomic mass is 10.2. The number of rotatable bonds is 6. The molecule has 2 aromatic rings. The van der Waals surface area contributed by atoms with Gasteiger partial charge in [0.1, 0.15) is 5.82 Å². The molecule has 0 aromatic heterocycles. The molecule has 0 saturated carbocycles. The number of carbonyl (C=O) groups excluding carboxylic acids is 1. The van der Waals surface area contributed by atoms with Gasteiger partial charge in [-0.3, -0.25) is 4.79 Å². The fraction of sp³-hybridized carbons (Fsp3) is 0.118. The van der Waals surface area contributed by atoms with Crippen molar-refractivity contribution in [2.45, 2.75) is 4.90 Å². The zero-order valence-corrected chi connectivity index (χ0v) is 12.3. The van der Waals surface area contributed by atoms with Crippen LogP contribution in [0.25, 0.3) is 6.08 Å². The highest BCUT2D eigenvalue weighted by Crippen LogP contribution is 2.15. The van der Waals surface area contributed by atoms with E-state index < -0.39 is 0 Å². The van der Waals surface area contributed by atoms with E-state index in [1.807, 2.05) is 30.3 Å². The van der Waals surface area contributed by atoms with E-state index in [0.29, 0.717) is 12.1 Å². The lowest BCUT2D eigenvalue weighted by Gasteiger charge is -2.02. The van der Waals surface area contributed by atoms with E-state index in [4.69, 9.17) is 0 Å². The molecule has 4 heteroatoms. The summed E-state index contributed by atoms with van der Waals surface area (Å²) in [4.78, 5) is 12.8. The molecule has 2 nitrogen and oxygen atoms in total. The van der Waals surface area contributed by atoms with Crippen LogP contribution in [0.5, 0.6) is 0 Å². The average molecular weight is 301 g/mol. The first kappa shape index (κ1) is 15.3. The Hall–Kier alpha value is -2.07. The third-order valence-corrected chi connectivity index (χ3v) is 3.75. The predicted octanol–water partition coefficient (Wildman–Crippen LogP) is 3.75. The van der Waals surface area contributed by atoms with Gasteiger partial charge in [-0.05, 0) is 24.3 Å². The van der Waals surface area contributed by atoms with Crippen LogP contribution < -0.4 is 5.32 Å². The quantitative estimate of drug-likeness (QED) is 0.500. The topological polar surface area (TPSA) is 29.1 Å². The Labute approximate surface area is 128 Å². The first-order valence-corrected chi connectivity index (χ1v) is 7.62. The zero-order valence-electron chi connectivity index (χ0n) is 11.5. The van der Waals surface area contributed by atoms with E-state index in [1.165, 1.54) is 23.1 Å². The van der Waals surface area contributed by atoms with Crippen molar-refractivity contribution in [1.29, 1.82) is 0 Å². The van der Waals surface area contributed by atoms with Gasteiger partial charge in [0.15, 0.2) is 0 Å². The molecule has 0 atom stereocenters. The number of amides is 1. The monoisotopic (exact) mass is 301 g/mol. The summed E-state index contributed by atoms with van der Waals surface area (Å²) in [5.74, 6) is 0.247. The summed E-state index contributed by atoms with van der Waals surface area (Å²) in [6.45, 7) is 0.569. The highest BCUT2D eigenvalue weighted by Gasteiger charge is 1.98. The van der Waals surface area contributed by atoms with E-state index in [1.54, 1.807) is 30.0 Å². The average Bonchev–Trinajstić information content (AvgIpc) is 2.52. The Morgan fingerprint density at radius 2 is 1.81 bits per heavy atom. The summed E-state index contributed by atoms with van der Waals surface area (Å²) >= 11 is 1.68. The van der Waals surface area contributed by atoms with Gasteiger partial charge in [-0.25, -0.2) is 4.39 Å². The summed E-state index contributed by atoms with van der Waals surface area (Å²) in [5, 5.41) is 2.77. The predicted molar refractivity (Wildman–Crippen MR) is 85.6 cm³/mol.